The van der Waals surface area contributed by atoms with Crippen LogP contribution in [0.15, 0.2) is 53.9 Å². The molecule has 1 heterocycles. The summed E-state index contributed by atoms with van der Waals surface area (Å²) in [6.45, 7) is 3.43. The maximum atomic E-state index is 12.2. The molecule has 0 fully saturated rings. The topological polar surface area (TPSA) is 91.3 Å². The van der Waals surface area contributed by atoms with Crippen molar-refractivity contribution in [2.45, 2.75) is 32.7 Å². The van der Waals surface area contributed by atoms with E-state index in [2.05, 4.69) is 15.6 Å². The minimum atomic E-state index is -0.145. The minimum absolute atomic E-state index is 0.0594. The normalized spacial score (nSPS) is 11.7. The van der Waals surface area contributed by atoms with Crippen molar-refractivity contribution in [3.05, 3.63) is 65.0 Å². The zero-order valence-corrected chi connectivity index (χ0v) is 17.1. The molecule has 1 unspecified atom stereocenters. The van der Waals surface area contributed by atoms with Gasteiger partial charge in [0.25, 0.3) is 0 Å². The van der Waals surface area contributed by atoms with Gasteiger partial charge in [0.15, 0.2) is 5.13 Å². The second kappa shape index (κ2) is 9.34. The molecule has 2 aromatic carbocycles. The zero-order valence-electron chi connectivity index (χ0n) is 16.3. The molecule has 3 rings (SSSR count). The number of para-hydroxylation sites is 1. The third-order valence-corrected chi connectivity index (χ3v) is 5.25. The van der Waals surface area contributed by atoms with Gasteiger partial charge >= 0.3 is 0 Å². The first-order valence-corrected chi connectivity index (χ1v) is 10.2. The summed E-state index contributed by atoms with van der Waals surface area (Å²) in [4.78, 5) is 27.9. The van der Waals surface area contributed by atoms with Crippen LogP contribution in [0.1, 0.15) is 37.4 Å². The summed E-state index contributed by atoms with van der Waals surface area (Å²) in [5.74, 6) is -0.00864. The van der Waals surface area contributed by atoms with Gasteiger partial charge in [0.05, 0.1) is 11.7 Å². The highest BCUT2D eigenvalue weighted by Crippen LogP contribution is 2.26. The molecule has 0 bridgehead atoms. The average molecular weight is 410 g/mol. The Morgan fingerprint density at radius 2 is 1.86 bits per heavy atom. The van der Waals surface area contributed by atoms with Gasteiger partial charge in [-0.15, -0.1) is 11.3 Å². The summed E-state index contributed by atoms with van der Waals surface area (Å²) in [6, 6.07) is 14.8. The maximum Gasteiger partial charge on any atom is 0.226 e. The molecule has 2 amide bonds. The van der Waals surface area contributed by atoms with E-state index in [0.29, 0.717) is 11.6 Å². The minimum Gasteiger partial charge on any atom is -0.508 e. The molecule has 0 aliphatic carbocycles. The predicted octanol–water partition coefficient (Wildman–Crippen LogP) is 4.28. The molecule has 6 nitrogen and oxygen atoms in total. The number of anilines is 1. The molecule has 0 aliphatic heterocycles. The number of carbonyl (C=O) groups excluding carboxylic acids is 2. The summed E-state index contributed by atoms with van der Waals surface area (Å²) < 4.78 is 0. The van der Waals surface area contributed by atoms with Crippen molar-refractivity contribution in [2.75, 3.05) is 5.32 Å². The molecule has 1 aromatic heterocycles. The molecule has 0 saturated carbocycles. The van der Waals surface area contributed by atoms with Gasteiger partial charge in [0.1, 0.15) is 5.75 Å². The SMILES string of the molecule is CC(=O)NC(C)c1ccc(-c2csc(NC(=O)CCc3ccccc3O)n2)cc1. The van der Waals surface area contributed by atoms with Crippen molar-refractivity contribution in [3.63, 3.8) is 0 Å². The molecule has 3 aromatic rings. The lowest BCUT2D eigenvalue weighted by Gasteiger charge is -2.13. The van der Waals surface area contributed by atoms with Crippen LogP contribution in [0.3, 0.4) is 0 Å². The van der Waals surface area contributed by atoms with Gasteiger partial charge in [0, 0.05) is 24.3 Å². The van der Waals surface area contributed by atoms with Gasteiger partial charge < -0.3 is 15.7 Å². The van der Waals surface area contributed by atoms with Crippen LogP contribution in [0.2, 0.25) is 0 Å². The number of hydrogen-bond donors (Lipinski definition) is 3. The Morgan fingerprint density at radius 1 is 1.14 bits per heavy atom. The quantitative estimate of drug-likeness (QED) is 0.543. The van der Waals surface area contributed by atoms with Crippen LogP contribution in [-0.2, 0) is 16.0 Å². The number of thiazole rings is 1. The lowest BCUT2D eigenvalue weighted by molar-refractivity contribution is -0.119. The highest BCUT2D eigenvalue weighted by molar-refractivity contribution is 7.14. The van der Waals surface area contributed by atoms with Crippen molar-refractivity contribution in [3.8, 4) is 17.0 Å². The van der Waals surface area contributed by atoms with Crippen LogP contribution < -0.4 is 10.6 Å². The molecule has 29 heavy (non-hydrogen) atoms. The van der Waals surface area contributed by atoms with Gasteiger partial charge in [-0.05, 0) is 30.5 Å². The van der Waals surface area contributed by atoms with Crippen molar-refractivity contribution in [1.29, 1.82) is 0 Å². The van der Waals surface area contributed by atoms with Crippen molar-refractivity contribution < 1.29 is 14.7 Å². The number of nitrogens with one attached hydrogen (secondary N) is 2. The molecule has 1 atom stereocenters. The fraction of sp³-hybridized carbons (Fsp3) is 0.227. The fourth-order valence-corrected chi connectivity index (χ4v) is 3.68. The monoisotopic (exact) mass is 409 g/mol. The van der Waals surface area contributed by atoms with Crippen LogP contribution in [0.5, 0.6) is 5.75 Å². The van der Waals surface area contributed by atoms with Gasteiger partial charge in [-0.1, -0.05) is 42.5 Å². The molecule has 0 spiro atoms. The lowest BCUT2D eigenvalue weighted by atomic mass is 10.1. The molecular weight excluding hydrogens is 386 g/mol. The third-order valence-electron chi connectivity index (χ3n) is 4.49. The third kappa shape index (κ3) is 5.65. The summed E-state index contributed by atoms with van der Waals surface area (Å²) in [7, 11) is 0. The second-order valence-electron chi connectivity index (χ2n) is 6.76. The number of aromatic hydroxyl groups is 1. The lowest BCUT2D eigenvalue weighted by Crippen LogP contribution is -2.23. The summed E-state index contributed by atoms with van der Waals surface area (Å²) in [5.41, 5.74) is 3.48. The number of phenols is 1. The Morgan fingerprint density at radius 3 is 2.55 bits per heavy atom. The highest BCUT2D eigenvalue weighted by atomic mass is 32.1. The van der Waals surface area contributed by atoms with Crippen LogP contribution in [0.25, 0.3) is 11.3 Å². The van der Waals surface area contributed by atoms with Crippen molar-refractivity contribution in [2.24, 2.45) is 0 Å². The number of aryl methyl sites for hydroxylation is 1. The van der Waals surface area contributed by atoms with Gasteiger partial charge in [0.2, 0.25) is 11.8 Å². The second-order valence-corrected chi connectivity index (χ2v) is 7.62. The van der Waals surface area contributed by atoms with Crippen LogP contribution in [0, 0.1) is 0 Å². The largest absolute Gasteiger partial charge is 0.508 e. The van der Waals surface area contributed by atoms with Gasteiger partial charge in [-0.2, -0.15) is 0 Å². The maximum absolute atomic E-state index is 12.2. The smallest absolute Gasteiger partial charge is 0.226 e. The summed E-state index contributed by atoms with van der Waals surface area (Å²) in [6.07, 6.45) is 0.729. The van der Waals surface area contributed by atoms with E-state index in [1.165, 1.54) is 18.3 Å². The summed E-state index contributed by atoms with van der Waals surface area (Å²) in [5, 5.41) is 17.9. The van der Waals surface area contributed by atoms with E-state index in [9.17, 15) is 14.7 Å². The zero-order chi connectivity index (χ0) is 20.8. The Balaban J connectivity index is 1.58. The number of aromatic nitrogens is 1. The molecule has 0 aliphatic rings. The molecular formula is C22H23N3O3S. The van der Waals surface area contributed by atoms with E-state index in [4.69, 9.17) is 0 Å². The van der Waals surface area contributed by atoms with E-state index in [-0.39, 0.29) is 30.0 Å². The van der Waals surface area contributed by atoms with Crippen LogP contribution in [-0.4, -0.2) is 21.9 Å². The fourth-order valence-electron chi connectivity index (χ4n) is 2.95. The first-order chi connectivity index (χ1) is 13.9. The Bertz CT molecular complexity index is 999. The summed E-state index contributed by atoms with van der Waals surface area (Å²) >= 11 is 1.37. The van der Waals surface area contributed by atoms with Gasteiger partial charge in [-0.25, -0.2) is 4.98 Å². The molecule has 7 heteroatoms. The number of hydrogen-bond acceptors (Lipinski definition) is 5. The van der Waals surface area contributed by atoms with Gasteiger partial charge in [-0.3, -0.25) is 9.59 Å². The number of amides is 2. The van der Waals surface area contributed by atoms with E-state index < -0.39 is 0 Å². The number of rotatable bonds is 7. The van der Waals surface area contributed by atoms with E-state index in [0.717, 1.165) is 22.4 Å². The van der Waals surface area contributed by atoms with Crippen LogP contribution >= 0.6 is 11.3 Å². The van der Waals surface area contributed by atoms with Crippen LogP contribution in [0.4, 0.5) is 5.13 Å². The number of carbonyl (C=O) groups is 2. The van der Waals surface area contributed by atoms with Crippen molar-refractivity contribution in [1.82, 2.24) is 10.3 Å². The van der Waals surface area contributed by atoms with E-state index in [1.54, 1.807) is 18.2 Å². The first kappa shape index (κ1) is 20.5. The molecule has 0 saturated heterocycles. The molecule has 150 valence electrons. The number of phenolic OH excluding ortho intramolecular Hbond substituents is 1. The average Bonchev–Trinajstić information content (AvgIpc) is 3.15. The molecule has 0 radical (unpaired) electrons. The predicted molar refractivity (Wildman–Crippen MR) is 115 cm³/mol. The number of nitrogens with zero attached hydrogens (tertiary/aromatic N) is 1. The van der Waals surface area contributed by atoms with Crippen molar-refractivity contribution >= 4 is 28.3 Å². The Hall–Kier alpha value is -3.19. The Kier molecular flexibility index (Phi) is 6.61. The van der Waals surface area contributed by atoms with E-state index >= 15 is 0 Å². The standard InChI is InChI=1S/C22H23N3O3S/c1-14(23-15(2)26)16-7-9-17(10-8-16)19-13-29-22(24-19)25-21(28)12-11-18-5-3-4-6-20(18)27/h3-10,13-14,27H,11-12H2,1-2H3,(H,23,26)(H,24,25,28). The Labute approximate surface area is 173 Å². The highest BCUT2D eigenvalue weighted by Gasteiger charge is 2.11. The van der Waals surface area contributed by atoms with E-state index in [1.807, 2.05) is 42.6 Å². The first-order valence-electron chi connectivity index (χ1n) is 9.32. The number of benzene rings is 2. The molecule has 3 N–H and O–H groups in total.